The lowest BCUT2D eigenvalue weighted by molar-refractivity contribution is -0.208. The van der Waals surface area contributed by atoms with Crippen LogP contribution in [0.5, 0.6) is 0 Å². The summed E-state index contributed by atoms with van der Waals surface area (Å²) in [4.78, 5) is 1.69. The van der Waals surface area contributed by atoms with Gasteiger partial charge in [0.2, 0.25) is 0 Å². The highest BCUT2D eigenvalue weighted by Crippen LogP contribution is 2.31. The Morgan fingerprint density at radius 2 is 2.00 bits per heavy atom. The predicted molar refractivity (Wildman–Crippen MR) is 59.7 cm³/mol. The summed E-state index contributed by atoms with van der Waals surface area (Å²) in [7, 11) is 0. The molecular formula is C10H18F3NOS. The van der Waals surface area contributed by atoms with Crippen LogP contribution in [0.4, 0.5) is 13.2 Å². The third-order valence-corrected chi connectivity index (χ3v) is 4.11. The molecule has 0 bridgehead atoms. The first kappa shape index (κ1) is 14.1. The van der Waals surface area contributed by atoms with E-state index in [1.54, 1.807) is 16.7 Å². The minimum atomic E-state index is -4.50. The zero-order chi connectivity index (χ0) is 12.4. The highest BCUT2D eigenvalue weighted by Gasteiger charge is 2.39. The van der Waals surface area contributed by atoms with E-state index >= 15 is 0 Å². The van der Waals surface area contributed by atoms with E-state index in [1.165, 1.54) is 0 Å². The molecule has 1 unspecified atom stereocenters. The SMILES string of the molecule is CC1(C)CCN(CC(O)C(F)(F)F)CCS1. The number of halogens is 3. The Labute approximate surface area is 98.2 Å². The summed E-state index contributed by atoms with van der Waals surface area (Å²) in [6.45, 7) is 5.12. The molecule has 96 valence electrons. The quantitative estimate of drug-likeness (QED) is 0.819. The number of thioether (sulfide) groups is 1. The van der Waals surface area contributed by atoms with Gasteiger partial charge in [-0.3, -0.25) is 4.90 Å². The van der Waals surface area contributed by atoms with Crippen molar-refractivity contribution in [1.82, 2.24) is 4.90 Å². The Hall–Kier alpha value is 0.0600. The summed E-state index contributed by atoms with van der Waals surface area (Å²) < 4.78 is 36.7. The predicted octanol–water partition coefficient (Wildman–Crippen LogP) is 2.13. The molecular weight excluding hydrogens is 239 g/mol. The van der Waals surface area contributed by atoms with Crippen molar-refractivity contribution in [3.63, 3.8) is 0 Å². The van der Waals surface area contributed by atoms with Gasteiger partial charge in [-0.15, -0.1) is 0 Å². The van der Waals surface area contributed by atoms with Crippen LogP contribution in [-0.4, -0.2) is 52.4 Å². The lowest BCUT2D eigenvalue weighted by Gasteiger charge is -2.25. The van der Waals surface area contributed by atoms with Gasteiger partial charge < -0.3 is 5.11 Å². The molecule has 0 amide bonds. The van der Waals surface area contributed by atoms with Crippen LogP contribution in [-0.2, 0) is 0 Å². The van der Waals surface area contributed by atoms with Gasteiger partial charge >= 0.3 is 6.18 Å². The van der Waals surface area contributed by atoms with E-state index in [2.05, 4.69) is 13.8 Å². The van der Waals surface area contributed by atoms with Crippen LogP contribution < -0.4 is 0 Å². The van der Waals surface area contributed by atoms with Gasteiger partial charge in [-0.2, -0.15) is 24.9 Å². The number of rotatable bonds is 2. The van der Waals surface area contributed by atoms with Gasteiger partial charge in [0.15, 0.2) is 6.10 Å². The average Bonchev–Trinajstić information content (AvgIpc) is 2.26. The summed E-state index contributed by atoms with van der Waals surface area (Å²) in [5.74, 6) is 0.817. The molecule has 1 N–H and O–H groups in total. The highest BCUT2D eigenvalue weighted by molar-refractivity contribution is 8.00. The third kappa shape index (κ3) is 4.51. The van der Waals surface area contributed by atoms with Crippen molar-refractivity contribution in [2.75, 3.05) is 25.4 Å². The van der Waals surface area contributed by atoms with Crippen LogP contribution in [0, 0.1) is 0 Å². The standard InChI is InChI=1S/C10H18F3NOS/c1-9(2)3-4-14(5-6-16-9)7-8(15)10(11,12)13/h8,15H,3-7H2,1-2H3. The smallest absolute Gasteiger partial charge is 0.382 e. The first-order valence-corrected chi connectivity index (χ1v) is 6.30. The van der Waals surface area contributed by atoms with Gasteiger partial charge in [-0.25, -0.2) is 0 Å². The molecule has 16 heavy (non-hydrogen) atoms. The van der Waals surface area contributed by atoms with E-state index in [0.717, 1.165) is 12.2 Å². The summed E-state index contributed by atoms with van der Waals surface area (Å²) in [5.41, 5.74) is 0. The lowest BCUT2D eigenvalue weighted by atomic mass is 10.1. The van der Waals surface area contributed by atoms with Crippen LogP contribution in [0.15, 0.2) is 0 Å². The van der Waals surface area contributed by atoms with Gasteiger partial charge in [0, 0.05) is 23.6 Å². The minimum Gasteiger partial charge on any atom is -0.382 e. The second kappa shape index (κ2) is 5.14. The van der Waals surface area contributed by atoms with E-state index in [9.17, 15) is 13.2 Å². The fourth-order valence-electron chi connectivity index (χ4n) is 1.59. The molecule has 0 radical (unpaired) electrons. The summed E-state index contributed by atoms with van der Waals surface area (Å²) in [6.07, 6.45) is -5.88. The molecule has 0 aliphatic carbocycles. The fourth-order valence-corrected chi connectivity index (χ4v) is 2.73. The Bertz CT molecular complexity index is 233. The zero-order valence-electron chi connectivity index (χ0n) is 9.55. The Morgan fingerprint density at radius 3 is 2.56 bits per heavy atom. The van der Waals surface area contributed by atoms with Gasteiger partial charge in [-0.1, -0.05) is 13.8 Å². The molecule has 1 aliphatic rings. The van der Waals surface area contributed by atoms with Crippen LogP contribution in [0.1, 0.15) is 20.3 Å². The molecule has 0 saturated carbocycles. The molecule has 1 heterocycles. The molecule has 2 nitrogen and oxygen atoms in total. The second-order valence-corrected chi connectivity index (χ2v) is 6.52. The minimum absolute atomic E-state index is 0.123. The Kier molecular flexibility index (Phi) is 4.54. The van der Waals surface area contributed by atoms with Gasteiger partial charge in [0.05, 0.1) is 0 Å². The lowest BCUT2D eigenvalue weighted by Crippen LogP contribution is -2.42. The van der Waals surface area contributed by atoms with Gasteiger partial charge in [0.1, 0.15) is 0 Å². The summed E-state index contributed by atoms with van der Waals surface area (Å²) in [5, 5.41) is 8.99. The first-order chi connectivity index (χ1) is 7.21. The molecule has 1 rings (SSSR count). The molecule has 0 spiro atoms. The van der Waals surface area contributed by atoms with Crippen molar-refractivity contribution in [3.05, 3.63) is 0 Å². The average molecular weight is 257 g/mol. The number of nitrogens with zero attached hydrogens (tertiary/aromatic N) is 1. The maximum Gasteiger partial charge on any atom is 0.415 e. The van der Waals surface area contributed by atoms with Crippen molar-refractivity contribution >= 4 is 11.8 Å². The van der Waals surface area contributed by atoms with Gasteiger partial charge in [-0.05, 0) is 13.0 Å². The molecule has 1 fully saturated rings. The number of β-amino-alcohol motifs (C(OH)–C–C–N with tert-alkyl or cyclic N) is 1. The molecule has 0 aromatic carbocycles. The van der Waals surface area contributed by atoms with E-state index in [-0.39, 0.29) is 11.3 Å². The molecule has 0 aromatic heterocycles. The van der Waals surface area contributed by atoms with E-state index in [0.29, 0.717) is 13.1 Å². The van der Waals surface area contributed by atoms with Gasteiger partial charge in [0.25, 0.3) is 0 Å². The molecule has 6 heteroatoms. The largest absolute Gasteiger partial charge is 0.415 e. The van der Waals surface area contributed by atoms with Crippen molar-refractivity contribution in [1.29, 1.82) is 0 Å². The normalized spacial score (nSPS) is 25.1. The highest BCUT2D eigenvalue weighted by atomic mass is 32.2. The van der Waals surface area contributed by atoms with E-state index in [4.69, 9.17) is 5.11 Å². The number of hydrogen-bond donors (Lipinski definition) is 1. The van der Waals surface area contributed by atoms with Crippen LogP contribution in [0.3, 0.4) is 0 Å². The number of alkyl halides is 3. The summed E-state index contributed by atoms with van der Waals surface area (Å²) >= 11 is 1.77. The van der Waals surface area contributed by atoms with Crippen LogP contribution in [0.25, 0.3) is 0 Å². The van der Waals surface area contributed by atoms with Crippen molar-refractivity contribution < 1.29 is 18.3 Å². The zero-order valence-corrected chi connectivity index (χ0v) is 10.4. The molecule has 1 atom stereocenters. The van der Waals surface area contributed by atoms with E-state index < -0.39 is 12.3 Å². The maximum atomic E-state index is 12.2. The Morgan fingerprint density at radius 1 is 1.38 bits per heavy atom. The van der Waals surface area contributed by atoms with Crippen molar-refractivity contribution in [2.45, 2.75) is 37.3 Å². The van der Waals surface area contributed by atoms with Crippen LogP contribution >= 0.6 is 11.8 Å². The monoisotopic (exact) mass is 257 g/mol. The molecule has 0 aromatic rings. The second-order valence-electron chi connectivity index (χ2n) is 4.72. The number of hydrogen-bond acceptors (Lipinski definition) is 3. The van der Waals surface area contributed by atoms with Crippen LogP contribution in [0.2, 0.25) is 0 Å². The molecule has 1 saturated heterocycles. The van der Waals surface area contributed by atoms with Crippen molar-refractivity contribution in [3.8, 4) is 0 Å². The third-order valence-electron chi connectivity index (χ3n) is 2.74. The number of aliphatic hydroxyl groups excluding tert-OH is 1. The molecule has 1 aliphatic heterocycles. The summed E-state index contributed by atoms with van der Waals surface area (Å²) in [6, 6.07) is 0. The maximum absolute atomic E-state index is 12.2. The first-order valence-electron chi connectivity index (χ1n) is 5.32. The Balaban J connectivity index is 2.44. The topological polar surface area (TPSA) is 23.5 Å². The van der Waals surface area contributed by atoms with Crippen molar-refractivity contribution in [2.24, 2.45) is 0 Å². The fraction of sp³-hybridized carbons (Fsp3) is 1.00. The number of aliphatic hydroxyl groups is 1. The van der Waals surface area contributed by atoms with E-state index in [1.807, 2.05) is 0 Å².